The first-order valence-corrected chi connectivity index (χ1v) is 8.59. The van der Waals surface area contributed by atoms with Crippen LogP contribution in [0.2, 0.25) is 0 Å². The number of carbonyl (C=O) groups excluding carboxylic acids is 1. The van der Waals surface area contributed by atoms with Crippen LogP contribution in [-0.4, -0.2) is 30.3 Å². The lowest BCUT2D eigenvalue weighted by Gasteiger charge is -2.23. The van der Waals surface area contributed by atoms with Crippen LogP contribution in [-0.2, 0) is 6.42 Å². The van der Waals surface area contributed by atoms with E-state index in [2.05, 4.69) is 25.0 Å². The lowest BCUT2D eigenvalue weighted by atomic mass is 9.93. The van der Waals surface area contributed by atoms with Crippen molar-refractivity contribution in [3.63, 3.8) is 0 Å². The molecule has 0 saturated carbocycles. The smallest absolute Gasteiger partial charge is 0.265 e. The molecule has 7 nitrogen and oxygen atoms in total. The Morgan fingerprint density at radius 1 is 1.42 bits per heavy atom. The summed E-state index contributed by atoms with van der Waals surface area (Å²) < 4.78 is 5.70. The Bertz CT molecular complexity index is 872. The molecule has 1 aliphatic carbocycles. The molecule has 1 aliphatic rings. The number of pyridine rings is 1. The van der Waals surface area contributed by atoms with Gasteiger partial charge in [-0.05, 0) is 49.9 Å². The Balaban J connectivity index is 1.62. The fourth-order valence-electron chi connectivity index (χ4n) is 3.05. The Kier molecular flexibility index (Phi) is 3.81. The summed E-state index contributed by atoms with van der Waals surface area (Å²) in [5.74, 6) is 0.680. The van der Waals surface area contributed by atoms with Crippen molar-refractivity contribution >= 4 is 17.4 Å². The maximum atomic E-state index is 12.5. The number of carbonyl (C=O) groups is 1. The first kappa shape index (κ1) is 14.9. The molecule has 1 amide bonds. The second-order valence-electron chi connectivity index (χ2n) is 5.75. The van der Waals surface area contributed by atoms with E-state index in [1.54, 1.807) is 13.1 Å². The molecule has 0 spiro atoms. The number of nitrogens with zero attached hydrogens (tertiary/aromatic N) is 5. The maximum Gasteiger partial charge on any atom is 0.265 e. The number of rotatable bonds is 3. The van der Waals surface area contributed by atoms with Gasteiger partial charge in [-0.3, -0.25) is 4.79 Å². The van der Waals surface area contributed by atoms with Crippen LogP contribution >= 0.6 is 11.5 Å². The van der Waals surface area contributed by atoms with Gasteiger partial charge in [0, 0.05) is 11.8 Å². The first-order chi connectivity index (χ1) is 11.7. The van der Waals surface area contributed by atoms with E-state index in [1.807, 2.05) is 29.1 Å². The summed E-state index contributed by atoms with van der Waals surface area (Å²) in [5, 5.41) is 11.5. The van der Waals surface area contributed by atoms with Gasteiger partial charge in [0.15, 0.2) is 5.82 Å². The molecule has 4 rings (SSSR count). The van der Waals surface area contributed by atoms with Crippen molar-refractivity contribution in [2.45, 2.75) is 32.2 Å². The van der Waals surface area contributed by atoms with Crippen molar-refractivity contribution in [3.05, 3.63) is 52.4 Å². The Labute approximate surface area is 142 Å². The fourth-order valence-corrected chi connectivity index (χ4v) is 3.61. The quantitative estimate of drug-likeness (QED) is 0.790. The maximum absolute atomic E-state index is 12.5. The highest BCUT2D eigenvalue weighted by atomic mass is 32.1. The fraction of sp³-hybridized carbons (Fsp3) is 0.312. The molecule has 0 fully saturated rings. The van der Waals surface area contributed by atoms with Crippen molar-refractivity contribution in [2.24, 2.45) is 0 Å². The molecule has 1 N–H and O–H groups in total. The lowest BCUT2D eigenvalue weighted by molar-refractivity contribution is 0.0936. The van der Waals surface area contributed by atoms with E-state index in [0.29, 0.717) is 10.6 Å². The summed E-state index contributed by atoms with van der Waals surface area (Å²) in [5.41, 5.74) is 2.84. The second-order valence-corrected chi connectivity index (χ2v) is 6.51. The summed E-state index contributed by atoms with van der Waals surface area (Å²) in [6.45, 7) is 1.80. The minimum absolute atomic E-state index is 0.0415. The minimum Gasteiger partial charge on any atom is -0.344 e. The highest BCUT2D eigenvalue weighted by Gasteiger charge is 2.27. The SMILES string of the molecule is Cc1nnsc1C(=O)NC1CCCc2c1cnn2-c1ccccn1. The van der Waals surface area contributed by atoms with Crippen molar-refractivity contribution in [1.29, 1.82) is 0 Å². The predicted molar refractivity (Wildman–Crippen MR) is 89.2 cm³/mol. The Hall–Kier alpha value is -2.61. The number of nitrogens with one attached hydrogen (secondary N) is 1. The van der Waals surface area contributed by atoms with Gasteiger partial charge >= 0.3 is 0 Å². The number of aryl methyl sites for hydroxylation is 1. The molecule has 0 saturated heterocycles. The zero-order chi connectivity index (χ0) is 16.5. The highest BCUT2D eigenvalue weighted by Crippen LogP contribution is 2.31. The molecule has 0 aliphatic heterocycles. The van der Waals surface area contributed by atoms with E-state index in [1.165, 1.54) is 0 Å². The van der Waals surface area contributed by atoms with Gasteiger partial charge in [0.1, 0.15) is 4.88 Å². The number of fused-ring (bicyclic) bond motifs is 1. The third kappa shape index (κ3) is 2.58. The lowest BCUT2D eigenvalue weighted by Crippen LogP contribution is -2.30. The predicted octanol–water partition coefficient (Wildman–Crippen LogP) is 2.23. The van der Waals surface area contributed by atoms with Crippen molar-refractivity contribution < 1.29 is 4.79 Å². The molecule has 0 radical (unpaired) electrons. The molecule has 1 atom stereocenters. The first-order valence-electron chi connectivity index (χ1n) is 7.82. The van der Waals surface area contributed by atoms with E-state index in [9.17, 15) is 4.79 Å². The monoisotopic (exact) mass is 340 g/mol. The average Bonchev–Trinajstić information content (AvgIpc) is 3.22. The summed E-state index contributed by atoms with van der Waals surface area (Å²) >= 11 is 1.13. The second kappa shape index (κ2) is 6.12. The molecule has 24 heavy (non-hydrogen) atoms. The van der Waals surface area contributed by atoms with Crippen molar-refractivity contribution in [3.8, 4) is 5.82 Å². The Morgan fingerprint density at radius 3 is 3.08 bits per heavy atom. The standard InChI is InChI=1S/C16H16N6OS/c1-10-15(24-21-20-10)16(23)19-12-5-4-6-13-11(12)9-18-22(13)14-7-2-3-8-17-14/h2-3,7-9,12H,4-6H2,1H3,(H,19,23). The molecule has 8 heteroatoms. The van der Waals surface area contributed by atoms with E-state index < -0.39 is 0 Å². The van der Waals surface area contributed by atoms with Gasteiger partial charge in [-0.15, -0.1) is 5.10 Å². The summed E-state index contributed by atoms with van der Waals surface area (Å²) in [7, 11) is 0. The molecule has 0 aromatic carbocycles. The highest BCUT2D eigenvalue weighted by molar-refractivity contribution is 7.08. The molecule has 3 aromatic rings. The van der Waals surface area contributed by atoms with Gasteiger partial charge in [-0.25, -0.2) is 9.67 Å². The van der Waals surface area contributed by atoms with Crippen LogP contribution in [0, 0.1) is 6.92 Å². The summed E-state index contributed by atoms with van der Waals surface area (Å²) in [6, 6.07) is 5.72. The van der Waals surface area contributed by atoms with Gasteiger partial charge in [0.25, 0.3) is 5.91 Å². The van der Waals surface area contributed by atoms with Crippen LogP contribution in [0.25, 0.3) is 5.82 Å². The zero-order valence-corrected chi connectivity index (χ0v) is 14.0. The van der Waals surface area contributed by atoms with E-state index in [0.717, 1.165) is 47.9 Å². The number of amides is 1. The van der Waals surface area contributed by atoms with Crippen molar-refractivity contribution in [1.82, 2.24) is 29.7 Å². The van der Waals surface area contributed by atoms with Crippen molar-refractivity contribution in [2.75, 3.05) is 0 Å². The van der Waals surface area contributed by atoms with Gasteiger partial charge in [0.2, 0.25) is 0 Å². The molecular formula is C16H16N6OS. The van der Waals surface area contributed by atoms with Crippen LogP contribution < -0.4 is 5.32 Å². The Morgan fingerprint density at radius 2 is 2.33 bits per heavy atom. The van der Waals surface area contributed by atoms with Crippen LogP contribution in [0.1, 0.15) is 45.5 Å². The van der Waals surface area contributed by atoms with Crippen LogP contribution in [0.15, 0.2) is 30.6 Å². The molecular weight excluding hydrogens is 324 g/mol. The minimum atomic E-state index is -0.120. The number of hydrogen-bond acceptors (Lipinski definition) is 6. The number of hydrogen-bond donors (Lipinski definition) is 1. The largest absolute Gasteiger partial charge is 0.344 e. The normalized spacial score (nSPS) is 16.6. The summed E-state index contributed by atoms with van der Waals surface area (Å²) in [4.78, 5) is 17.4. The molecule has 0 bridgehead atoms. The van der Waals surface area contributed by atoms with E-state index >= 15 is 0 Å². The third-order valence-corrected chi connectivity index (χ3v) is 5.04. The molecule has 122 valence electrons. The molecule has 1 unspecified atom stereocenters. The van der Waals surface area contributed by atoms with Crippen LogP contribution in [0.5, 0.6) is 0 Å². The van der Waals surface area contributed by atoms with Gasteiger partial charge < -0.3 is 5.32 Å². The van der Waals surface area contributed by atoms with Gasteiger partial charge in [-0.2, -0.15) is 5.10 Å². The van der Waals surface area contributed by atoms with Gasteiger partial charge in [0.05, 0.1) is 23.6 Å². The summed E-state index contributed by atoms with van der Waals surface area (Å²) in [6.07, 6.45) is 6.42. The molecule has 3 heterocycles. The number of aromatic nitrogens is 5. The van der Waals surface area contributed by atoms with E-state index in [-0.39, 0.29) is 11.9 Å². The van der Waals surface area contributed by atoms with E-state index in [4.69, 9.17) is 0 Å². The van der Waals surface area contributed by atoms with Gasteiger partial charge in [-0.1, -0.05) is 10.6 Å². The topological polar surface area (TPSA) is 85.6 Å². The zero-order valence-electron chi connectivity index (χ0n) is 13.1. The van der Waals surface area contributed by atoms with Crippen LogP contribution in [0.4, 0.5) is 0 Å². The molecule has 3 aromatic heterocycles. The average molecular weight is 340 g/mol. The third-order valence-electron chi connectivity index (χ3n) is 4.21. The van der Waals surface area contributed by atoms with Crippen LogP contribution in [0.3, 0.4) is 0 Å².